The first-order valence-electron chi connectivity index (χ1n) is 9.13. The van der Waals surface area contributed by atoms with E-state index in [2.05, 4.69) is 51.7 Å². The fourth-order valence-corrected chi connectivity index (χ4v) is 4.36. The molecule has 0 atom stereocenters. The van der Waals surface area contributed by atoms with Crippen molar-refractivity contribution >= 4 is 51.7 Å². The predicted octanol–water partition coefficient (Wildman–Crippen LogP) is 2.71. The summed E-state index contributed by atoms with van der Waals surface area (Å²) in [7, 11) is -1.70. The molecule has 0 spiro atoms. The molecule has 0 aliphatic heterocycles. The van der Waals surface area contributed by atoms with Gasteiger partial charge in [0.1, 0.15) is 0 Å². The molecule has 1 heterocycles. The number of halogens is 1. The predicted molar refractivity (Wildman–Crippen MR) is 132 cm³/mol. The number of hydrogen-bond donors (Lipinski definition) is 3. The molecule has 0 bridgehead atoms. The number of aryl methyl sites for hydroxylation is 2. The summed E-state index contributed by atoms with van der Waals surface area (Å²) < 4.78 is 28.7. The summed E-state index contributed by atoms with van der Waals surface area (Å²) in [6.07, 6.45) is 5.34. The number of aromatic nitrogens is 1. The van der Waals surface area contributed by atoms with Gasteiger partial charge in [0.2, 0.25) is 10.0 Å². The molecule has 1 aromatic carbocycles. The Morgan fingerprint density at radius 2 is 1.97 bits per heavy atom. The van der Waals surface area contributed by atoms with Crippen molar-refractivity contribution in [2.45, 2.75) is 30.2 Å². The van der Waals surface area contributed by atoms with Crippen molar-refractivity contribution in [1.82, 2.24) is 19.9 Å². The van der Waals surface area contributed by atoms with E-state index < -0.39 is 10.0 Å². The average Bonchev–Trinajstić information content (AvgIpc) is 3.11. The summed E-state index contributed by atoms with van der Waals surface area (Å²) in [6.45, 7) is 6.05. The van der Waals surface area contributed by atoms with Crippen LogP contribution in [-0.4, -0.2) is 44.8 Å². The molecule has 0 saturated heterocycles. The quantitative estimate of drug-likeness (QED) is 0.147. The van der Waals surface area contributed by atoms with E-state index in [1.807, 2.05) is 6.92 Å². The molecule has 3 N–H and O–H groups in total. The molecule has 7 nitrogen and oxygen atoms in total. The van der Waals surface area contributed by atoms with E-state index in [1.165, 1.54) is 16.0 Å². The summed E-state index contributed by atoms with van der Waals surface area (Å²) in [5.74, 6) is 0.661. The molecular formula is C19H30IN5O2S2. The minimum atomic E-state index is -3.49. The van der Waals surface area contributed by atoms with E-state index in [1.54, 1.807) is 41.8 Å². The van der Waals surface area contributed by atoms with Crippen LogP contribution in [0.15, 0.2) is 51.4 Å². The maximum atomic E-state index is 12.2. The Morgan fingerprint density at radius 3 is 2.59 bits per heavy atom. The summed E-state index contributed by atoms with van der Waals surface area (Å²) >= 11 is 1.71. The van der Waals surface area contributed by atoms with Crippen LogP contribution in [0.5, 0.6) is 0 Å². The van der Waals surface area contributed by atoms with E-state index in [-0.39, 0.29) is 35.4 Å². The van der Waals surface area contributed by atoms with Crippen LogP contribution in [0.1, 0.15) is 18.1 Å². The first-order valence-corrected chi connectivity index (χ1v) is 11.8. The number of aliphatic imine (C=N–C) groups is 1. The summed E-state index contributed by atoms with van der Waals surface area (Å²) in [5, 5.41) is 6.35. The third-order valence-electron chi connectivity index (χ3n) is 4.02. The smallest absolute Gasteiger partial charge is 0.242 e. The molecule has 2 aromatic rings. The van der Waals surface area contributed by atoms with Crippen LogP contribution < -0.4 is 15.4 Å². The lowest BCUT2D eigenvalue weighted by Crippen LogP contribution is -2.41. The number of benzene rings is 1. The molecule has 2 rings (SSSR count). The van der Waals surface area contributed by atoms with Crippen molar-refractivity contribution in [3.05, 3.63) is 47.8 Å². The van der Waals surface area contributed by atoms with Crippen LogP contribution in [0.2, 0.25) is 0 Å². The van der Waals surface area contributed by atoms with Crippen LogP contribution in [0.3, 0.4) is 0 Å². The van der Waals surface area contributed by atoms with Gasteiger partial charge in [-0.05, 0) is 43.4 Å². The monoisotopic (exact) mass is 551 g/mol. The maximum Gasteiger partial charge on any atom is 0.242 e. The molecule has 0 unspecified atom stereocenters. The Kier molecular flexibility index (Phi) is 11.1. The molecule has 1 aromatic heterocycles. The molecule has 29 heavy (non-hydrogen) atoms. The molecular weight excluding hydrogens is 521 g/mol. The van der Waals surface area contributed by atoms with E-state index in [9.17, 15) is 8.42 Å². The van der Waals surface area contributed by atoms with Crippen molar-refractivity contribution in [2.75, 3.05) is 25.9 Å². The van der Waals surface area contributed by atoms with Gasteiger partial charge in [0.05, 0.1) is 11.4 Å². The van der Waals surface area contributed by atoms with Crippen molar-refractivity contribution in [2.24, 2.45) is 12.0 Å². The molecule has 10 heteroatoms. The van der Waals surface area contributed by atoms with Crippen LogP contribution in [-0.2, 0) is 23.6 Å². The number of nitrogens with one attached hydrogen (secondary N) is 3. The number of guanidine groups is 1. The van der Waals surface area contributed by atoms with Gasteiger partial charge in [0.25, 0.3) is 0 Å². The van der Waals surface area contributed by atoms with Gasteiger partial charge in [-0.25, -0.2) is 18.1 Å². The molecule has 162 valence electrons. The van der Waals surface area contributed by atoms with Gasteiger partial charge in [0, 0.05) is 44.0 Å². The highest BCUT2D eigenvalue weighted by molar-refractivity contribution is 14.0. The Hall–Kier alpha value is -1.24. The van der Waals surface area contributed by atoms with E-state index >= 15 is 0 Å². The normalized spacial score (nSPS) is 11.8. The second-order valence-electron chi connectivity index (χ2n) is 6.35. The summed E-state index contributed by atoms with van der Waals surface area (Å²) in [5.41, 5.74) is 2.40. The third-order valence-corrected chi connectivity index (χ3v) is 6.29. The number of nitrogens with zero attached hydrogens (tertiary/aromatic N) is 2. The zero-order valence-electron chi connectivity index (χ0n) is 17.2. The first kappa shape index (κ1) is 25.8. The molecule has 0 aliphatic carbocycles. The number of thioether (sulfide) groups is 1. The fraction of sp³-hybridized carbons (Fsp3) is 0.421. The minimum Gasteiger partial charge on any atom is -0.357 e. The highest BCUT2D eigenvalue weighted by Gasteiger charge is 2.14. The fourth-order valence-electron chi connectivity index (χ4n) is 2.57. The molecule has 0 aliphatic rings. The zero-order valence-corrected chi connectivity index (χ0v) is 21.2. The molecule has 0 saturated carbocycles. The van der Waals surface area contributed by atoms with E-state index in [0.29, 0.717) is 19.0 Å². The van der Waals surface area contributed by atoms with Gasteiger partial charge in [-0.3, -0.25) is 0 Å². The number of hydrogen-bond acceptors (Lipinski definition) is 4. The van der Waals surface area contributed by atoms with Gasteiger partial charge in [-0.15, -0.1) is 35.7 Å². The third kappa shape index (κ3) is 8.19. The topological polar surface area (TPSA) is 87.5 Å². The largest absolute Gasteiger partial charge is 0.357 e. The lowest BCUT2D eigenvalue weighted by molar-refractivity contribution is 0.580. The van der Waals surface area contributed by atoms with Crippen LogP contribution in [0.25, 0.3) is 0 Å². The SMILES string of the molecule is CCNC(=NCc1ccc(C)cc1SC)NCCNS(=O)(=O)c1ccn(C)c1.I. The zero-order chi connectivity index (χ0) is 20.6. The standard InChI is InChI=1S/C19H29N5O2S2.HI/c1-5-20-19(22-13-16-7-6-15(2)12-18(16)27-4)21-9-10-23-28(25,26)17-8-11-24(3)14-17;/h6-8,11-12,14,23H,5,9-10,13H2,1-4H3,(H2,20,21,22);1H. The van der Waals surface area contributed by atoms with Crippen molar-refractivity contribution in [3.8, 4) is 0 Å². The second kappa shape index (κ2) is 12.5. The van der Waals surface area contributed by atoms with Gasteiger partial charge in [-0.1, -0.05) is 12.1 Å². The van der Waals surface area contributed by atoms with Crippen LogP contribution in [0, 0.1) is 6.92 Å². The summed E-state index contributed by atoms with van der Waals surface area (Å²) in [4.78, 5) is 6.10. The summed E-state index contributed by atoms with van der Waals surface area (Å²) in [6, 6.07) is 7.92. The van der Waals surface area contributed by atoms with Gasteiger partial charge in [-0.2, -0.15) is 0 Å². The Balaban J connectivity index is 0.00000420. The average molecular weight is 552 g/mol. The lowest BCUT2D eigenvalue weighted by atomic mass is 10.1. The van der Waals surface area contributed by atoms with Crippen molar-refractivity contribution in [3.63, 3.8) is 0 Å². The number of rotatable bonds is 9. The Labute approximate surface area is 195 Å². The van der Waals surface area contributed by atoms with Gasteiger partial charge >= 0.3 is 0 Å². The van der Waals surface area contributed by atoms with Gasteiger partial charge < -0.3 is 15.2 Å². The molecule has 0 amide bonds. The highest BCUT2D eigenvalue weighted by atomic mass is 127. The molecule has 0 radical (unpaired) electrons. The van der Waals surface area contributed by atoms with Crippen molar-refractivity contribution in [1.29, 1.82) is 0 Å². The van der Waals surface area contributed by atoms with E-state index in [0.717, 1.165) is 6.54 Å². The Bertz CT molecular complexity index is 913. The minimum absolute atomic E-state index is 0. The maximum absolute atomic E-state index is 12.2. The second-order valence-corrected chi connectivity index (χ2v) is 8.96. The highest BCUT2D eigenvalue weighted by Crippen LogP contribution is 2.22. The molecule has 0 fully saturated rings. The van der Waals surface area contributed by atoms with Crippen molar-refractivity contribution < 1.29 is 8.42 Å². The van der Waals surface area contributed by atoms with Crippen LogP contribution >= 0.6 is 35.7 Å². The van der Waals surface area contributed by atoms with Gasteiger partial charge in [0.15, 0.2) is 5.96 Å². The van der Waals surface area contributed by atoms with E-state index in [4.69, 9.17) is 0 Å². The lowest BCUT2D eigenvalue weighted by Gasteiger charge is -2.13. The van der Waals surface area contributed by atoms with Crippen LogP contribution in [0.4, 0.5) is 0 Å². The Morgan fingerprint density at radius 1 is 1.21 bits per heavy atom. The first-order chi connectivity index (χ1) is 13.4. The number of sulfonamides is 1.